The van der Waals surface area contributed by atoms with Gasteiger partial charge in [0, 0.05) is 13.7 Å². The normalized spacial score (nSPS) is 14.7. The highest BCUT2D eigenvalue weighted by Crippen LogP contribution is 2.23. The van der Waals surface area contributed by atoms with Gasteiger partial charge in [-0.3, -0.25) is 0 Å². The summed E-state index contributed by atoms with van der Waals surface area (Å²) in [5.41, 5.74) is 1.34. The van der Waals surface area contributed by atoms with E-state index in [0.717, 1.165) is 6.54 Å². The molecule has 0 bridgehead atoms. The molecule has 3 nitrogen and oxygen atoms in total. The second kappa shape index (κ2) is 8.25. The molecule has 1 rings (SSSR count). The van der Waals surface area contributed by atoms with Crippen molar-refractivity contribution in [1.29, 1.82) is 0 Å². The molecule has 0 saturated carbocycles. The quantitative estimate of drug-likeness (QED) is 0.743. The van der Waals surface area contributed by atoms with Crippen LogP contribution in [0.15, 0.2) is 30.3 Å². The fourth-order valence-electron chi connectivity index (χ4n) is 2.11. The Balaban J connectivity index is 2.59. The first-order valence-electron chi connectivity index (χ1n) is 6.57. The van der Waals surface area contributed by atoms with Gasteiger partial charge < -0.3 is 15.2 Å². The molecule has 3 heteroatoms. The third kappa shape index (κ3) is 4.77. The van der Waals surface area contributed by atoms with Gasteiger partial charge in [-0.25, -0.2) is 0 Å². The first-order chi connectivity index (χ1) is 8.69. The third-order valence-corrected chi connectivity index (χ3v) is 3.25. The van der Waals surface area contributed by atoms with Crippen LogP contribution in [-0.4, -0.2) is 38.0 Å². The van der Waals surface area contributed by atoms with Crippen molar-refractivity contribution >= 4 is 0 Å². The van der Waals surface area contributed by atoms with Crippen LogP contribution < -0.4 is 5.32 Å². The Kier molecular flexibility index (Phi) is 6.94. The fourth-order valence-corrected chi connectivity index (χ4v) is 2.11. The van der Waals surface area contributed by atoms with E-state index < -0.39 is 0 Å². The smallest absolute Gasteiger partial charge is 0.0638 e. The highest BCUT2D eigenvalue weighted by molar-refractivity contribution is 5.20. The number of hydrogen-bond acceptors (Lipinski definition) is 3. The summed E-state index contributed by atoms with van der Waals surface area (Å²) in [7, 11) is 1.65. The second-order valence-electron chi connectivity index (χ2n) is 5.00. The Morgan fingerprint density at radius 2 is 1.89 bits per heavy atom. The molecule has 0 amide bonds. The standard InChI is InChI=1S/C15H25NO2/c1-12(2)15(13-7-5-4-6-8-13)9-16-14(10-17)11-18-3/h4-8,12,14-17H,9-11H2,1-3H3. The van der Waals surface area contributed by atoms with E-state index in [1.165, 1.54) is 5.56 Å². The van der Waals surface area contributed by atoms with Crippen LogP contribution in [-0.2, 0) is 4.74 Å². The number of ether oxygens (including phenoxy) is 1. The first-order valence-corrected chi connectivity index (χ1v) is 6.57. The lowest BCUT2D eigenvalue weighted by Gasteiger charge is -2.24. The molecule has 18 heavy (non-hydrogen) atoms. The molecule has 0 heterocycles. The average molecular weight is 251 g/mol. The monoisotopic (exact) mass is 251 g/mol. The van der Waals surface area contributed by atoms with Gasteiger partial charge in [0.15, 0.2) is 0 Å². The minimum Gasteiger partial charge on any atom is -0.395 e. The summed E-state index contributed by atoms with van der Waals surface area (Å²) in [6.07, 6.45) is 0. The number of hydrogen-bond donors (Lipinski definition) is 2. The molecule has 0 aliphatic rings. The number of benzene rings is 1. The molecule has 1 aromatic carbocycles. The third-order valence-electron chi connectivity index (χ3n) is 3.25. The van der Waals surface area contributed by atoms with Crippen LogP contribution in [0.1, 0.15) is 25.3 Å². The summed E-state index contributed by atoms with van der Waals surface area (Å²) in [6.45, 7) is 5.95. The van der Waals surface area contributed by atoms with Crippen LogP contribution in [0.3, 0.4) is 0 Å². The summed E-state index contributed by atoms with van der Waals surface area (Å²) < 4.78 is 5.07. The molecule has 0 radical (unpaired) electrons. The summed E-state index contributed by atoms with van der Waals surface area (Å²) >= 11 is 0. The van der Waals surface area contributed by atoms with E-state index in [-0.39, 0.29) is 12.6 Å². The molecular formula is C15H25NO2. The van der Waals surface area contributed by atoms with E-state index in [0.29, 0.717) is 18.4 Å². The van der Waals surface area contributed by atoms with Gasteiger partial charge in [0.1, 0.15) is 0 Å². The molecule has 2 atom stereocenters. The van der Waals surface area contributed by atoms with Gasteiger partial charge >= 0.3 is 0 Å². The highest BCUT2D eigenvalue weighted by Gasteiger charge is 2.17. The first kappa shape index (κ1) is 15.2. The molecular weight excluding hydrogens is 226 g/mol. The lowest BCUT2D eigenvalue weighted by atomic mass is 9.88. The van der Waals surface area contributed by atoms with Crippen molar-refractivity contribution in [2.75, 3.05) is 26.9 Å². The van der Waals surface area contributed by atoms with Gasteiger partial charge in [0.25, 0.3) is 0 Å². The number of nitrogens with one attached hydrogen (secondary N) is 1. The van der Waals surface area contributed by atoms with Gasteiger partial charge in [-0.2, -0.15) is 0 Å². The van der Waals surface area contributed by atoms with Gasteiger partial charge in [-0.05, 0) is 17.4 Å². The van der Waals surface area contributed by atoms with E-state index in [2.05, 4.69) is 43.4 Å². The Morgan fingerprint density at radius 3 is 2.39 bits per heavy atom. The molecule has 102 valence electrons. The zero-order valence-electron chi connectivity index (χ0n) is 11.6. The van der Waals surface area contributed by atoms with Crippen molar-refractivity contribution in [1.82, 2.24) is 5.32 Å². The van der Waals surface area contributed by atoms with Crippen LogP contribution in [0.4, 0.5) is 0 Å². The van der Waals surface area contributed by atoms with Crippen molar-refractivity contribution in [3.8, 4) is 0 Å². The highest BCUT2D eigenvalue weighted by atomic mass is 16.5. The number of aliphatic hydroxyl groups is 1. The molecule has 0 spiro atoms. The van der Waals surface area contributed by atoms with Crippen molar-refractivity contribution in [3.05, 3.63) is 35.9 Å². The van der Waals surface area contributed by atoms with E-state index >= 15 is 0 Å². The average Bonchev–Trinajstić information content (AvgIpc) is 2.38. The van der Waals surface area contributed by atoms with Crippen molar-refractivity contribution in [3.63, 3.8) is 0 Å². The Hall–Kier alpha value is -0.900. The van der Waals surface area contributed by atoms with E-state index in [1.807, 2.05) is 6.07 Å². The van der Waals surface area contributed by atoms with E-state index in [4.69, 9.17) is 4.74 Å². The Labute approximate surface area is 110 Å². The predicted octanol–water partition coefficient (Wildman–Crippen LogP) is 2.02. The van der Waals surface area contributed by atoms with Crippen LogP contribution in [0.2, 0.25) is 0 Å². The molecule has 0 fully saturated rings. The maximum absolute atomic E-state index is 9.24. The minimum absolute atomic E-state index is 0.0139. The molecule has 0 aliphatic carbocycles. The molecule has 0 aromatic heterocycles. The van der Waals surface area contributed by atoms with Gasteiger partial charge in [-0.15, -0.1) is 0 Å². The number of aliphatic hydroxyl groups excluding tert-OH is 1. The molecule has 2 N–H and O–H groups in total. The lowest BCUT2D eigenvalue weighted by Crippen LogP contribution is -2.39. The fraction of sp³-hybridized carbons (Fsp3) is 0.600. The molecule has 0 aliphatic heterocycles. The van der Waals surface area contributed by atoms with Gasteiger partial charge in [0.05, 0.1) is 19.3 Å². The van der Waals surface area contributed by atoms with Gasteiger partial charge in [0.2, 0.25) is 0 Å². The second-order valence-corrected chi connectivity index (χ2v) is 5.00. The van der Waals surface area contributed by atoms with Crippen molar-refractivity contribution in [2.24, 2.45) is 5.92 Å². The Bertz CT molecular complexity index is 314. The lowest BCUT2D eigenvalue weighted by molar-refractivity contribution is 0.127. The number of rotatable bonds is 8. The minimum atomic E-state index is 0.0139. The summed E-state index contributed by atoms with van der Waals surface area (Å²) in [6, 6.07) is 10.5. The molecule has 2 unspecified atom stereocenters. The maximum Gasteiger partial charge on any atom is 0.0638 e. The number of methoxy groups -OCH3 is 1. The van der Waals surface area contributed by atoms with E-state index in [9.17, 15) is 5.11 Å². The summed E-state index contributed by atoms with van der Waals surface area (Å²) in [4.78, 5) is 0. The maximum atomic E-state index is 9.24. The van der Waals surface area contributed by atoms with E-state index in [1.54, 1.807) is 7.11 Å². The molecule has 1 aromatic rings. The largest absolute Gasteiger partial charge is 0.395 e. The van der Waals surface area contributed by atoms with Gasteiger partial charge in [-0.1, -0.05) is 44.2 Å². The van der Waals surface area contributed by atoms with Crippen LogP contribution in [0.5, 0.6) is 0 Å². The van der Waals surface area contributed by atoms with Crippen molar-refractivity contribution < 1.29 is 9.84 Å². The Morgan fingerprint density at radius 1 is 1.22 bits per heavy atom. The van der Waals surface area contributed by atoms with Crippen molar-refractivity contribution in [2.45, 2.75) is 25.8 Å². The van der Waals surface area contributed by atoms with Crippen LogP contribution >= 0.6 is 0 Å². The van der Waals surface area contributed by atoms with Crippen LogP contribution in [0.25, 0.3) is 0 Å². The predicted molar refractivity (Wildman–Crippen MR) is 74.8 cm³/mol. The summed E-state index contributed by atoms with van der Waals surface area (Å²) in [5.74, 6) is 1.01. The zero-order valence-corrected chi connectivity index (χ0v) is 11.6. The SMILES string of the molecule is COCC(CO)NCC(c1ccccc1)C(C)C. The topological polar surface area (TPSA) is 41.5 Å². The molecule has 0 saturated heterocycles. The van der Waals surface area contributed by atoms with Crippen LogP contribution in [0, 0.1) is 5.92 Å². The summed E-state index contributed by atoms with van der Waals surface area (Å²) in [5, 5.41) is 12.6. The zero-order chi connectivity index (χ0) is 13.4.